The number of thioether (sulfide) groups is 1. The van der Waals surface area contributed by atoms with E-state index in [1.165, 1.54) is 0 Å². The van der Waals surface area contributed by atoms with Crippen LogP contribution in [-0.2, 0) is 4.74 Å². The second-order valence-corrected chi connectivity index (χ2v) is 3.40. The van der Waals surface area contributed by atoms with Gasteiger partial charge in [0.2, 0.25) is 0 Å². The molecule has 0 unspecified atom stereocenters. The molecule has 0 fully saturated rings. The number of hydrogen-bond acceptors (Lipinski definition) is 3. The zero-order chi connectivity index (χ0) is 7.28. The lowest BCUT2D eigenvalue weighted by atomic mass is 10.6. The summed E-state index contributed by atoms with van der Waals surface area (Å²) < 4.78 is 4.44. The molecular formula is C5H9ClO2S. The van der Waals surface area contributed by atoms with Crippen LogP contribution in [0.15, 0.2) is 0 Å². The highest BCUT2D eigenvalue weighted by atomic mass is 35.5. The Morgan fingerprint density at radius 1 is 1.78 bits per heavy atom. The Labute approximate surface area is 63.9 Å². The number of ether oxygens (including phenoxy) is 1. The van der Waals surface area contributed by atoms with E-state index in [0.29, 0.717) is 0 Å². The zero-order valence-electron chi connectivity index (χ0n) is 5.39. The van der Waals surface area contributed by atoms with Crippen molar-refractivity contribution in [1.82, 2.24) is 0 Å². The second-order valence-electron chi connectivity index (χ2n) is 1.67. The summed E-state index contributed by atoms with van der Waals surface area (Å²) in [6.07, 6.45) is 0. The molecule has 0 aliphatic rings. The summed E-state index contributed by atoms with van der Waals surface area (Å²) in [5.74, 6) is 0. The maximum Gasteiger partial charge on any atom is 0.368 e. The van der Waals surface area contributed by atoms with Gasteiger partial charge in [-0.05, 0) is 11.8 Å². The molecule has 54 valence electrons. The standard InChI is InChI=1S/C5H9ClO2S/c1-4(2)9-5(7)8-3-6/h4H,3H2,1-2H3. The van der Waals surface area contributed by atoms with Crippen molar-refractivity contribution in [2.75, 3.05) is 6.07 Å². The molecule has 0 rings (SSSR count). The molecule has 0 aromatic heterocycles. The quantitative estimate of drug-likeness (QED) is 0.468. The van der Waals surface area contributed by atoms with Crippen LogP contribution in [-0.4, -0.2) is 16.6 Å². The van der Waals surface area contributed by atoms with Gasteiger partial charge in [-0.15, -0.1) is 0 Å². The molecule has 0 spiro atoms. The van der Waals surface area contributed by atoms with Crippen molar-refractivity contribution in [3.05, 3.63) is 0 Å². The van der Waals surface area contributed by atoms with Crippen LogP contribution in [0.25, 0.3) is 0 Å². The van der Waals surface area contributed by atoms with E-state index in [9.17, 15) is 4.79 Å². The molecule has 0 amide bonds. The summed E-state index contributed by atoms with van der Waals surface area (Å²) in [6.45, 7) is 3.83. The molecule has 0 bridgehead atoms. The first-order valence-corrected chi connectivity index (χ1v) is 3.97. The molecule has 0 aliphatic heterocycles. The molecule has 0 aromatic carbocycles. The first kappa shape index (κ1) is 9.11. The third-order valence-electron chi connectivity index (χ3n) is 0.504. The van der Waals surface area contributed by atoms with Gasteiger partial charge < -0.3 is 4.74 Å². The van der Waals surface area contributed by atoms with E-state index in [1.807, 2.05) is 13.8 Å². The van der Waals surface area contributed by atoms with E-state index in [1.54, 1.807) is 0 Å². The van der Waals surface area contributed by atoms with E-state index in [2.05, 4.69) is 4.74 Å². The molecule has 0 atom stereocenters. The van der Waals surface area contributed by atoms with E-state index < -0.39 is 0 Å². The van der Waals surface area contributed by atoms with Crippen molar-refractivity contribution in [3.63, 3.8) is 0 Å². The molecule has 0 saturated heterocycles. The number of carbonyl (C=O) groups excluding carboxylic acids is 1. The minimum absolute atomic E-state index is 0.0570. The van der Waals surface area contributed by atoms with Gasteiger partial charge in [0.1, 0.15) is 0 Å². The highest BCUT2D eigenvalue weighted by Gasteiger charge is 2.04. The largest absolute Gasteiger partial charge is 0.441 e. The maximum atomic E-state index is 10.5. The van der Waals surface area contributed by atoms with Gasteiger partial charge in [-0.25, -0.2) is 4.79 Å². The van der Waals surface area contributed by atoms with Crippen LogP contribution < -0.4 is 0 Å². The predicted molar refractivity (Wildman–Crippen MR) is 39.9 cm³/mol. The lowest BCUT2D eigenvalue weighted by Gasteiger charge is -2.00. The summed E-state index contributed by atoms with van der Waals surface area (Å²) in [7, 11) is 0. The van der Waals surface area contributed by atoms with E-state index in [4.69, 9.17) is 11.6 Å². The van der Waals surface area contributed by atoms with Gasteiger partial charge in [0.25, 0.3) is 0 Å². The smallest absolute Gasteiger partial charge is 0.368 e. The maximum absolute atomic E-state index is 10.5. The molecule has 0 radical (unpaired) electrons. The van der Waals surface area contributed by atoms with E-state index in [-0.39, 0.29) is 16.6 Å². The van der Waals surface area contributed by atoms with Crippen molar-refractivity contribution >= 4 is 28.7 Å². The van der Waals surface area contributed by atoms with Crippen LogP contribution in [0.5, 0.6) is 0 Å². The molecule has 0 aromatic rings. The van der Waals surface area contributed by atoms with Gasteiger partial charge in [-0.3, -0.25) is 0 Å². The van der Waals surface area contributed by atoms with Crippen molar-refractivity contribution in [2.24, 2.45) is 0 Å². The van der Waals surface area contributed by atoms with Gasteiger partial charge in [0.05, 0.1) is 0 Å². The van der Waals surface area contributed by atoms with Gasteiger partial charge in [0.15, 0.2) is 6.07 Å². The number of halogens is 1. The number of hydrogen-bond donors (Lipinski definition) is 0. The average Bonchev–Trinajstić information content (AvgIpc) is 1.63. The summed E-state index contributed by atoms with van der Waals surface area (Å²) in [5, 5.41) is -0.0410. The Kier molecular flexibility index (Phi) is 5.00. The molecule has 0 N–H and O–H groups in total. The number of carbonyl (C=O) groups is 1. The minimum Gasteiger partial charge on any atom is -0.441 e. The van der Waals surface area contributed by atoms with Crippen LogP contribution in [0.4, 0.5) is 4.79 Å². The van der Waals surface area contributed by atoms with Crippen molar-refractivity contribution in [1.29, 1.82) is 0 Å². The zero-order valence-corrected chi connectivity index (χ0v) is 6.96. The third kappa shape index (κ3) is 5.99. The highest BCUT2D eigenvalue weighted by molar-refractivity contribution is 8.13. The van der Waals surface area contributed by atoms with Crippen LogP contribution >= 0.6 is 23.4 Å². The average molecular weight is 169 g/mol. The Hall–Kier alpha value is 0.110. The second kappa shape index (κ2) is 4.94. The van der Waals surface area contributed by atoms with Crippen molar-refractivity contribution < 1.29 is 9.53 Å². The van der Waals surface area contributed by atoms with Crippen LogP contribution in [0, 0.1) is 0 Å². The Bertz CT molecular complexity index is 95.0. The fourth-order valence-electron chi connectivity index (χ4n) is 0.271. The third-order valence-corrected chi connectivity index (χ3v) is 1.40. The molecule has 0 heterocycles. The lowest BCUT2D eigenvalue weighted by molar-refractivity contribution is 0.194. The minimum atomic E-state index is -0.306. The first-order chi connectivity index (χ1) is 4.16. The van der Waals surface area contributed by atoms with E-state index in [0.717, 1.165) is 11.8 Å². The Morgan fingerprint density at radius 3 is 2.67 bits per heavy atom. The molecule has 0 aliphatic carbocycles. The molecular weight excluding hydrogens is 160 g/mol. The normalized spacial score (nSPS) is 9.78. The van der Waals surface area contributed by atoms with Crippen LogP contribution in [0.2, 0.25) is 0 Å². The summed E-state index contributed by atoms with van der Waals surface area (Å²) in [5.41, 5.74) is 0. The summed E-state index contributed by atoms with van der Waals surface area (Å²) in [4.78, 5) is 10.5. The number of rotatable bonds is 2. The van der Waals surface area contributed by atoms with Gasteiger partial charge >= 0.3 is 5.30 Å². The molecule has 4 heteroatoms. The van der Waals surface area contributed by atoms with Gasteiger partial charge in [0, 0.05) is 5.25 Å². The summed E-state index contributed by atoms with van der Waals surface area (Å²) in [6, 6.07) is -0.0570. The van der Waals surface area contributed by atoms with Crippen LogP contribution in [0.1, 0.15) is 13.8 Å². The van der Waals surface area contributed by atoms with Crippen LogP contribution in [0.3, 0.4) is 0 Å². The monoisotopic (exact) mass is 168 g/mol. The van der Waals surface area contributed by atoms with Crippen molar-refractivity contribution in [2.45, 2.75) is 19.1 Å². The van der Waals surface area contributed by atoms with Gasteiger partial charge in [-0.2, -0.15) is 0 Å². The Balaban J connectivity index is 3.27. The highest BCUT2D eigenvalue weighted by Crippen LogP contribution is 2.12. The molecule has 9 heavy (non-hydrogen) atoms. The summed E-state index contributed by atoms with van der Waals surface area (Å²) >= 11 is 6.26. The SMILES string of the molecule is CC(C)SC(=O)OCCl. The van der Waals surface area contributed by atoms with Crippen molar-refractivity contribution in [3.8, 4) is 0 Å². The first-order valence-electron chi connectivity index (χ1n) is 2.56. The molecule has 0 saturated carbocycles. The van der Waals surface area contributed by atoms with Gasteiger partial charge in [-0.1, -0.05) is 25.4 Å². The lowest BCUT2D eigenvalue weighted by Crippen LogP contribution is -1.99. The van der Waals surface area contributed by atoms with E-state index >= 15 is 0 Å². The number of alkyl halides is 1. The predicted octanol–water partition coefficient (Wildman–Crippen LogP) is 2.46. The fraction of sp³-hybridized carbons (Fsp3) is 0.800. The topological polar surface area (TPSA) is 26.3 Å². The fourth-order valence-corrected chi connectivity index (χ4v) is 0.947. The Morgan fingerprint density at radius 2 is 2.33 bits per heavy atom. The molecule has 2 nitrogen and oxygen atoms in total.